The van der Waals surface area contributed by atoms with Gasteiger partial charge in [0.1, 0.15) is 12.4 Å². The van der Waals surface area contributed by atoms with E-state index in [9.17, 15) is 0 Å². The zero-order chi connectivity index (χ0) is 22.4. The van der Waals surface area contributed by atoms with Crippen molar-refractivity contribution in [2.75, 3.05) is 42.7 Å². The van der Waals surface area contributed by atoms with Gasteiger partial charge in [0.2, 0.25) is 5.75 Å². The SMILES string of the molecule is COc1cc2cc(C(OC)(OC)OC)cc(OCc3ccccc3)c2c(OC)c1OC. The molecule has 0 amide bonds. The summed E-state index contributed by atoms with van der Waals surface area (Å²) in [4.78, 5) is 0. The van der Waals surface area contributed by atoms with Crippen molar-refractivity contribution >= 4 is 10.8 Å². The highest BCUT2D eigenvalue weighted by atomic mass is 16.9. The van der Waals surface area contributed by atoms with Gasteiger partial charge < -0.3 is 33.2 Å². The molecule has 0 spiro atoms. The summed E-state index contributed by atoms with van der Waals surface area (Å²) in [6.45, 7) is 0.358. The second-order valence-corrected chi connectivity index (χ2v) is 6.66. The maximum absolute atomic E-state index is 6.25. The smallest absolute Gasteiger partial charge is 0.311 e. The Hall–Kier alpha value is -3.00. The van der Waals surface area contributed by atoms with E-state index < -0.39 is 5.97 Å². The van der Waals surface area contributed by atoms with Crippen LogP contribution in [0.1, 0.15) is 11.1 Å². The minimum atomic E-state index is -1.40. The lowest BCUT2D eigenvalue weighted by atomic mass is 10.0. The number of ether oxygens (including phenoxy) is 7. The third-order valence-corrected chi connectivity index (χ3v) is 5.10. The van der Waals surface area contributed by atoms with Gasteiger partial charge in [-0.05, 0) is 29.1 Å². The number of fused-ring (bicyclic) bond motifs is 1. The number of hydrogen-bond acceptors (Lipinski definition) is 7. The summed E-state index contributed by atoms with van der Waals surface area (Å²) in [6.07, 6.45) is 0. The minimum Gasteiger partial charge on any atom is -0.493 e. The van der Waals surface area contributed by atoms with Gasteiger partial charge in [0, 0.05) is 26.9 Å². The third kappa shape index (κ3) is 4.25. The standard InChI is InChI=1S/C24H28O7/c1-25-20-13-17-12-18(24(28-4,29-5)30-6)14-19(21(17)23(27-3)22(20)26-2)31-15-16-10-8-7-9-11-16/h7-14H,15H2,1-6H3. The van der Waals surface area contributed by atoms with Gasteiger partial charge in [0.05, 0.1) is 26.7 Å². The second kappa shape index (κ2) is 9.87. The fourth-order valence-corrected chi connectivity index (χ4v) is 3.60. The van der Waals surface area contributed by atoms with Gasteiger partial charge in [-0.1, -0.05) is 30.3 Å². The van der Waals surface area contributed by atoms with Crippen LogP contribution in [0.5, 0.6) is 23.0 Å². The summed E-state index contributed by atoms with van der Waals surface area (Å²) in [5, 5.41) is 1.52. The highest BCUT2D eigenvalue weighted by Crippen LogP contribution is 2.48. The molecule has 31 heavy (non-hydrogen) atoms. The van der Waals surface area contributed by atoms with Crippen LogP contribution in [-0.2, 0) is 26.8 Å². The molecule has 0 aliphatic heterocycles. The van der Waals surface area contributed by atoms with Gasteiger partial charge in [-0.25, -0.2) is 0 Å². The van der Waals surface area contributed by atoms with Crippen LogP contribution in [0.25, 0.3) is 10.8 Å². The highest BCUT2D eigenvalue weighted by Gasteiger charge is 2.34. The zero-order valence-electron chi connectivity index (χ0n) is 18.7. The number of rotatable bonds is 10. The molecule has 0 aliphatic rings. The first kappa shape index (κ1) is 22.7. The molecule has 3 aromatic carbocycles. The van der Waals surface area contributed by atoms with Crippen LogP contribution in [-0.4, -0.2) is 42.7 Å². The predicted molar refractivity (Wildman–Crippen MR) is 117 cm³/mol. The molecule has 0 heterocycles. The molecule has 0 atom stereocenters. The van der Waals surface area contributed by atoms with Gasteiger partial charge in [-0.3, -0.25) is 0 Å². The molecular weight excluding hydrogens is 400 g/mol. The molecule has 166 valence electrons. The van der Waals surface area contributed by atoms with Crippen molar-refractivity contribution < 1.29 is 33.2 Å². The van der Waals surface area contributed by atoms with E-state index in [2.05, 4.69) is 0 Å². The van der Waals surface area contributed by atoms with Crippen molar-refractivity contribution in [1.29, 1.82) is 0 Å². The van der Waals surface area contributed by atoms with E-state index in [0.29, 0.717) is 35.2 Å². The maximum Gasteiger partial charge on any atom is 0.311 e. The Kier molecular flexibility index (Phi) is 7.22. The van der Waals surface area contributed by atoms with E-state index in [4.69, 9.17) is 33.2 Å². The summed E-state index contributed by atoms with van der Waals surface area (Å²) in [5.74, 6) is 0.663. The highest BCUT2D eigenvalue weighted by molar-refractivity contribution is 5.98. The topological polar surface area (TPSA) is 64.6 Å². The molecular formula is C24H28O7. The van der Waals surface area contributed by atoms with Gasteiger partial charge >= 0.3 is 5.97 Å². The number of benzene rings is 3. The first-order chi connectivity index (χ1) is 15.1. The summed E-state index contributed by atoms with van der Waals surface area (Å²) in [5.41, 5.74) is 1.64. The Morgan fingerprint density at radius 3 is 1.87 bits per heavy atom. The van der Waals surface area contributed by atoms with E-state index in [0.717, 1.165) is 16.3 Å². The first-order valence-corrected chi connectivity index (χ1v) is 9.66. The summed E-state index contributed by atoms with van der Waals surface area (Å²) < 4.78 is 39.7. The van der Waals surface area contributed by atoms with Crippen molar-refractivity contribution in [3.63, 3.8) is 0 Å². The molecule has 0 bridgehead atoms. The largest absolute Gasteiger partial charge is 0.493 e. The first-order valence-electron chi connectivity index (χ1n) is 9.66. The fourth-order valence-electron chi connectivity index (χ4n) is 3.60. The Bertz CT molecular complexity index is 1010. The number of methoxy groups -OCH3 is 6. The Balaban J connectivity index is 2.27. The lowest BCUT2D eigenvalue weighted by Gasteiger charge is -2.30. The zero-order valence-corrected chi connectivity index (χ0v) is 18.7. The average molecular weight is 428 g/mol. The van der Waals surface area contributed by atoms with E-state index in [1.807, 2.05) is 48.5 Å². The molecule has 7 nitrogen and oxygen atoms in total. The summed E-state index contributed by atoms with van der Waals surface area (Å²) in [7, 11) is 9.25. The molecule has 0 saturated carbocycles. The average Bonchev–Trinajstić information content (AvgIpc) is 2.83. The molecule has 3 rings (SSSR count). The quantitative estimate of drug-likeness (QED) is 0.441. The monoisotopic (exact) mass is 428 g/mol. The molecule has 0 N–H and O–H groups in total. The van der Waals surface area contributed by atoms with E-state index in [-0.39, 0.29) is 0 Å². The molecule has 0 fully saturated rings. The molecule has 0 aliphatic carbocycles. The van der Waals surface area contributed by atoms with Crippen molar-refractivity contribution in [3.05, 3.63) is 59.7 Å². The van der Waals surface area contributed by atoms with Crippen molar-refractivity contribution in [3.8, 4) is 23.0 Å². The maximum atomic E-state index is 6.25. The third-order valence-electron chi connectivity index (χ3n) is 5.10. The lowest BCUT2D eigenvalue weighted by molar-refractivity contribution is -0.364. The van der Waals surface area contributed by atoms with Crippen molar-refractivity contribution in [2.24, 2.45) is 0 Å². The van der Waals surface area contributed by atoms with Gasteiger partial charge in [0.15, 0.2) is 11.5 Å². The van der Waals surface area contributed by atoms with Crippen LogP contribution >= 0.6 is 0 Å². The normalized spacial score (nSPS) is 11.4. The van der Waals surface area contributed by atoms with Crippen LogP contribution in [0.3, 0.4) is 0 Å². The molecule has 0 aromatic heterocycles. The molecule has 0 saturated heterocycles. The summed E-state index contributed by atoms with van der Waals surface area (Å²) in [6, 6.07) is 15.4. The molecule has 7 heteroatoms. The van der Waals surface area contributed by atoms with Crippen LogP contribution in [0.15, 0.2) is 48.5 Å². The van der Waals surface area contributed by atoms with Crippen LogP contribution < -0.4 is 18.9 Å². The van der Waals surface area contributed by atoms with E-state index >= 15 is 0 Å². The predicted octanol–water partition coefficient (Wildman–Crippen LogP) is 4.49. The van der Waals surface area contributed by atoms with Gasteiger partial charge in [-0.15, -0.1) is 0 Å². The molecule has 0 radical (unpaired) electrons. The van der Waals surface area contributed by atoms with Crippen LogP contribution in [0.4, 0.5) is 0 Å². The Morgan fingerprint density at radius 1 is 0.677 bits per heavy atom. The van der Waals surface area contributed by atoms with Gasteiger partial charge in [0.25, 0.3) is 0 Å². The van der Waals surface area contributed by atoms with E-state index in [1.54, 1.807) is 21.3 Å². The van der Waals surface area contributed by atoms with Crippen LogP contribution in [0.2, 0.25) is 0 Å². The summed E-state index contributed by atoms with van der Waals surface area (Å²) >= 11 is 0. The van der Waals surface area contributed by atoms with E-state index in [1.165, 1.54) is 21.3 Å². The van der Waals surface area contributed by atoms with Crippen molar-refractivity contribution in [1.82, 2.24) is 0 Å². The Morgan fingerprint density at radius 2 is 1.32 bits per heavy atom. The van der Waals surface area contributed by atoms with Crippen LogP contribution in [0, 0.1) is 0 Å². The lowest BCUT2D eigenvalue weighted by Crippen LogP contribution is -2.32. The Labute approximate surface area is 182 Å². The molecule has 0 unspecified atom stereocenters. The molecule has 3 aromatic rings. The minimum absolute atomic E-state index is 0.358. The second-order valence-electron chi connectivity index (χ2n) is 6.66. The fraction of sp³-hybridized carbons (Fsp3) is 0.333. The van der Waals surface area contributed by atoms with Crippen molar-refractivity contribution in [2.45, 2.75) is 12.6 Å². The number of hydrogen-bond donors (Lipinski definition) is 0. The van der Waals surface area contributed by atoms with Gasteiger partial charge in [-0.2, -0.15) is 0 Å².